The van der Waals surface area contributed by atoms with Crippen molar-refractivity contribution >= 4 is 12.0 Å². The number of carbonyl (C=O) groups excluding carboxylic acids is 1. The number of fused-ring (bicyclic) bond motifs is 1. The zero-order valence-corrected chi connectivity index (χ0v) is 10.9. The van der Waals surface area contributed by atoms with Gasteiger partial charge in [-0.25, -0.2) is 4.39 Å². The highest BCUT2D eigenvalue weighted by molar-refractivity contribution is 5.70. The average molecular weight is 250 g/mol. The van der Waals surface area contributed by atoms with Crippen molar-refractivity contribution < 1.29 is 9.18 Å². The van der Waals surface area contributed by atoms with Crippen LogP contribution in [0.1, 0.15) is 12.0 Å². The number of aldehydes is 1. The second-order valence-corrected chi connectivity index (χ2v) is 4.99. The molecule has 0 amide bonds. The molecule has 18 heavy (non-hydrogen) atoms. The second-order valence-electron chi connectivity index (χ2n) is 4.99. The molecule has 0 fully saturated rings. The van der Waals surface area contributed by atoms with Crippen molar-refractivity contribution in [3.8, 4) is 0 Å². The Bertz CT molecular complexity index is 434. The lowest BCUT2D eigenvalue weighted by Crippen LogP contribution is -2.44. The van der Waals surface area contributed by atoms with E-state index in [1.54, 1.807) is 6.07 Å². The molecular formula is C14H19FN2O. The number of nitrogens with zero attached hydrogens (tertiary/aromatic N) is 2. The summed E-state index contributed by atoms with van der Waals surface area (Å²) in [6.45, 7) is 1.47. The highest BCUT2D eigenvalue weighted by Crippen LogP contribution is 2.32. The number of para-hydroxylation sites is 1. The fourth-order valence-corrected chi connectivity index (χ4v) is 2.44. The number of hydrogen-bond donors (Lipinski definition) is 0. The lowest BCUT2D eigenvalue weighted by Gasteiger charge is -2.37. The summed E-state index contributed by atoms with van der Waals surface area (Å²) in [5, 5.41) is 0. The van der Waals surface area contributed by atoms with Crippen LogP contribution in [0, 0.1) is 5.82 Å². The molecule has 0 saturated carbocycles. The minimum absolute atomic E-state index is 0.200. The number of hydrogen-bond acceptors (Lipinski definition) is 3. The standard InChI is InChI=1S/C14H19FN2O/c1-16(2)8-9-17-12(10-18)7-6-11-4-3-5-13(15)14(11)17/h3-5,10,12H,6-9H2,1-2H3. The van der Waals surface area contributed by atoms with Gasteiger partial charge < -0.3 is 14.6 Å². The molecule has 1 atom stereocenters. The molecule has 1 aliphatic heterocycles. The quantitative estimate of drug-likeness (QED) is 0.760. The van der Waals surface area contributed by atoms with Crippen LogP contribution in [0.3, 0.4) is 0 Å². The van der Waals surface area contributed by atoms with Crippen molar-refractivity contribution in [3.05, 3.63) is 29.6 Å². The number of rotatable bonds is 4. The summed E-state index contributed by atoms with van der Waals surface area (Å²) in [7, 11) is 3.95. The van der Waals surface area contributed by atoms with E-state index in [1.165, 1.54) is 6.07 Å². The van der Waals surface area contributed by atoms with Gasteiger partial charge in [0.2, 0.25) is 0 Å². The normalized spacial score (nSPS) is 18.9. The van der Waals surface area contributed by atoms with E-state index >= 15 is 0 Å². The van der Waals surface area contributed by atoms with Gasteiger partial charge in [0, 0.05) is 13.1 Å². The predicted octanol–water partition coefficient (Wildman–Crippen LogP) is 1.71. The molecule has 1 heterocycles. The summed E-state index contributed by atoms with van der Waals surface area (Å²) in [6, 6.07) is 4.95. The molecule has 1 aliphatic rings. The maximum Gasteiger partial charge on any atom is 0.146 e. The first kappa shape index (κ1) is 13.0. The Morgan fingerprint density at radius 2 is 2.28 bits per heavy atom. The molecule has 0 bridgehead atoms. The molecule has 1 aromatic carbocycles. The fourth-order valence-electron chi connectivity index (χ4n) is 2.44. The van der Waals surface area contributed by atoms with E-state index in [2.05, 4.69) is 0 Å². The van der Waals surface area contributed by atoms with Gasteiger partial charge in [-0.3, -0.25) is 0 Å². The Kier molecular flexibility index (Phi) is 3.97. The van der Waals surface area contributed by atoms with Crippen LogP contribution in [0.4, 0.5) is 10.1 Å². The van der Waals surface area contributed by atoms with Crippen LogP contribution >= 0.6 is 0 Å². The Balaban J connectivity index is 2.31. The third-order valence-corrected chi connectivity index (χ3v) is 3.41. The molecule has 1 unspecified atom stereocenters. The molecule has 0 aromatic heterocycles. The van der Waals surface area contributed by atoms with E-state index in [9.17, 15) is 9.18 Å². The summed E-state index contributed by atoms with van der Waals surface area (Å²) in [6.07, 6.45) is 2.48. The van der Waals surface area contributed by atoms with Crippen LogP contribution in [0.15, 0.2) is 18.2 Å². The molecule has 0 radical (unpaired) electrons. The number of aryl methyl sites for hydroxylation is 1. The topological polar surface area (TPSA) is 23.6 Å². The molecule has 0 spiro atoms. The monoisotopic (exact) mass is 250 g/mol. The van der Waals surface area contributed by atoms with E-state index in [-0.39, 0.29) is 11.9 Å². The number of benzene rings is 1. The first-order valence-corrected chi connectivity index (χ1v) is 6.27. The zero-order chi connectivity index (χ0) is 13.1. The minimum atomic E-state index is -0.224. The largest absolute Gasteiger partial charge is 0.358 e. The van der Waals surface area contributed by atoms with Crippen LogP contribution in [-0.2, 0) is 11.2 Å². The number of halogens is 1. The van der Waals surface area contributed by atoms with Crippen LogP contribution in [-0.4, -0.2) is 44.4 Å². The highest BCUT2D eigenvalue weighted by atomic mass is 19.1. The van der Waals surface area contributed by atoms with Gasteiger partial charge in [0.15, 0.2) is 0 Å². The highest BCUT2D eigenvalue weighted by Gasteiger charge is 2.27. The molecule has 0 N–H and O–H groups in total. The molecule has 0 saturated heterocycles. The Hall–Kier alpha value is -1.42. The summed E-state index contributed by atoms with van der Waals surface area (Å²) in [5.74, 6) is -0.224. The molecular weight excluding hydrogens is 231 g/mol. The third-order valence-electron chi connectivity index (χ3n) is 3.41. The van der Waals surface area contributed by atoms with Gasteiger partial charge in [0.1, 0.15) is 12.1 Å². The second kappa shape index (κ2) is 5.48. The van der Waals surface area contributed by atoms with E-state index in [1.807, 2.05) is 30.0 Å². The number of likely N-dealkylation sites (N-methyl/N-ethyl adjacent to an activating group) is 1. The molecule has 4 heteroatoms. The van der Waals surface area contributed by atoms with Gasteiger partial charge in [0.05, 0.1) is 11.7 Å². The first-order valence-electron chi connectivity index (χ1n) is 6.27. The summed E-state index contributed by atoms with van der Waals surface area (Å²) < 4.78 is 14.0. The van der Waals surface area contributed by atoms with E-state index in [4.69, 9.17) is 0 Å². The van der Waals surface area contributed by atoms with Gasteiger partial charge in [-0.2, -0.15) is 0 Å². The van der Waals surface area contributed by atoms with E-state index in [0.717, 1.165) is 31.2 Å². The molecule has 0 aliphatic carbocycles. The molecule has 1 aromatic rings. The van der Waals surface area contributed by atoms with E-state index < -0.39 is 0 Å². The average Bonchev–Trinajstić information content (AvgIpc) is 2.36. The van der Waals surface area contributed by atoms with Crippen molar-refractivity contribution in [1.82, 2.24) is 4.90 Å². The summed E-state index contributed by atoms with van der Waals surface area (Å²) in [4.78, 5) is 15.1. The summed E-state index contributed by atoms with van der Waals surface area (Å²) in [5.41, 5.74) is 1.62. The number of carbonyl (C=O) groups is 1. The lowest BCUT2D eigenvalue weighted by atomic mass is 9.96. The van der Waals surface area contributed by atoms with Gasteiger partial charge in [-0.1, -0.05) is 12.1 Å². The van der Waals surface area contributed by atoms with Gasteiger partial charge >= 0.3 is 0 Å². The number of anilines is 1. The molecule has 2 rings (SSSR count). The van der Waals surface area contributed by atoms with Gasteiger partial charge in [0.25, 0.3) is 0 Å². The Morgan fingerprint density at radius 3 is 2.94 bits per heavy atom. The van der Waals surface area contributed by atoms with Gasteiger partial charge in [-0.15, -0.1) is 0 Å². The molecule has 98 valence electrons. The zero-order valence-electron chi connectivity index (χ0n) is 10.9. The Labute approximate surface area is 107 Å². The van der Waals surface area contributed by atoms with Crippen LogP contribution in [0.5, 0.6) is 0 Å². The van der Waals surface area contributed by atoms with E-state index in [0.29, 0.717) is 12.2 Å². The van der Waals surface area contributed by atoms with Gasteiger partial charge in [-0.05, 0) is 38.6 Å². The maximum atomic E-state index is 14.0. The van der Waals surface area contributed by atoms with Crippen molar-refractivity contribution in [2.24, 2.45) is 0 Å². The molecule has 3 nitrogen and oxygen atoms in total. The first-order chi connectivity index (χ1) is 8.63. The van der Waals surface area contributed by atoms with Crippen LogP contribution in [0.25, 0.3) is 0 Å². The third kappa shape index (κ3) is 2.53. The smallest absolute Gasteiger partial charge is 0.146 e. The SMILES string of the molecule is CN(C)CCN1c2c(F)cccc2CCC1C=O. The maximum absolute atomic E-state index is 14.0. The van der Waals surface area contributed by atoms with Crippen molar-refractivity contribution in [3.63, 3.8) is 0 Å². The van der Waals surface area contributed by atoms with Crippen LogP contribution < -0.4 is 4.90 Å². The lowest BCUT2D eigenvalue weighted by molar-refractivity contribution is -0.109. The fraction of sp³-hybridized carbons (Fsp3) is 0.500. The summed E-state index contributed by atoms with van der Waals surface area (Å²) >= 11 is 0. The van der Waals surface area contributed by atoms with Crippen molar-refractivity contribution in [2.75, 3.05) is 32.1 Å². The van der Waals surface area contributed by atoms with Crippen molar-refractivity contribution in [2.45, 2.75) is 18.9 Å². The Morgan fingerprint density at radius 1 is 1.50 bits per heavy atom. The van der Waals surface area contributed by atoms with Crippen molar-refractivity contribution in [1.29, 1.82) is 0 Å². The minimum Gasteiger partial charge on any atom is -0.358 e. The van der Waals surface area contributed by atoms with Crippen LogP contribution in [0.2, 0.25) is 0 Å². The predicted molar refractivity (Wildman–Crippen MR) is 70.5 cm³/mol.